The monoisotopic (exact) mass is 459 g/mol. The fourth-order valence-electron chi connectivity index (χ4n) is 3.47. The minimum absolute atomic E-state index is 0.0399. The molecule has 0 saturated heterocycles. The van der Waals surface area contributed by atoms with E-state index in [-0.39, 0.29) is 28.8 Å². The van der Waals surface area contributed by atoms with Crippen molar-refractivity contribution in [1.29, 1.82) is 0 Å². The Kier molecular flexibility index (Phi) is 6.06. The van der Waals surface area contributed by atoms with Crippen LogP contribution in [0.3, 0.4) is 0 Å². The Balaban J connectivity index is 1.39. The van der Waals surface area contributed by atoms with Crippen LogP contribution < -0.4 is 10.2 Å². The number of thiazole rings is 1. The molecule has 1 N–H and O–H groups in total. The number of anilines is 2. The zero-order valence-electron chi connectivity index (χ0n) is 17.0. The van der Waals surface area contributed by atoms with Gasteiger partial charge in [-0.05, 0) is 35.9 Å². The number of carbonyl (C=O) groups is 1. The van der Waals surface area contributed by atoms with Crippen LogP contribution in [0.4, 0.5) is 15.2 Å². The molecule has 31 heavy (non-hydrogen) atoms. The van der Waals surface area contributed by atoms with Gasteiger partial charge in [-0.25, -0.2) is 17.8 Å². The van der Waals surface area contributed by atoms with Crippen molar-refractivity contribution in [3.8, 4) is 0 Å². The molecule has 3 aromatic rings. The maximum absolute atomic E-state index is 13.5. The van der Waals surface area contributed by atoms with E-state index in [1.54, 1.807) is 25.1 Å². The van der Waals surface area contributed by atoms with Gasteiger partial charge >= 0.3 is 0 Å². The Morgan fingerprint density at radius 1 is 1.23 bits per heavy atom. The standard InChI is InChI=1S/C22H22FN3O3S2/c1-2-31(28,29)18-8-6-15(7-9-18)12-21(27)25-22-24-19-10-11-26(14-20(19)30-22)17-5-3-4-16(23)13-17/h3-9,13H,2,10-12,14H2,1H3,(H,24,25,27). The molecule has 0 bridgehead atoms. The molecule has 2 aromatic carbocycles. The number of amides is 1. The van der Waals surface area contributed by atoms with Gasteiger partial charge in [-0.1, -0.05) is 36.5 Å². The number of hydrogen-bond donors (Lipinski definition) is 1. The third kappa shape index (κ3) is 4.94. The first-order chi connectivity index (χ1) is 14.8. The molecule has 1 aliphatic heterocycles. The maximum Gasteiger partial charge on any atom is 0.230 e. The Morgan fingerprint density at radius 3 is 2.71 bits per heavy atom. The van der Waals surface area contributed by atoms with Crippen molar-refractivity contribution in [2.75, 3.05) is 22.5 Å². The molecule has 0 unspecified atom stereocenters. The van der Waals surface area contributed by atoms with Crippen LogP contribution in [0.5, 0.6) is 0 Å². The Morgan fingerprint density at radius 2 is 2.00 bits per heavy atom. The highest BCUT2D eigenvalue weighted by atomic mass is 32.2. The highest BCUT2D eigenvalue weighted by molar-refractivity contribution is 7.91. The van der Waals surface area contributed by atoms with Gasteiger partial charge in [0, 0.05) is 23.5 Å². The number of nitrogens with zero attached hydrogens (tertiary/aromatic N) is 2. The highest BCUT2D eigenvalue weighted by Gasteiger charge is 2.22. The lowest BCUT2D eigenvalue weighted by atomic mass is 10.1. The summed E-state index contributed by atoms with van der Waals surface area (Å²) in [6.45, 7) is 2.96. The van der Waals surface area contributed by atoms with Crippen LogP contribution in [0.15, 0.2) is 53.4 Å². The molecule has 0 radical (unpaired) electrons. The van der Waals surface area contributed by atoms with Crippen molar-refractivity contribution >= 4 is 37.9 Å². The van der Waals surface area contributed by atoms with Crippen LogP contribution in [-0.4, -0.2) is 31.6 Å². The zero-order valence-corrected chi connectivity index (χ0v) is 18.6. The summed E-state index contributed by atoms with van der Waals surface area (Å²) in [5.74, 6) is -0.432. The molecule has 9 heteroatoms. The lowest BCUT2D eigenvalue weighted by molar-refractivity contribution is -0.115. The first-order valence-corrected chi connectivity index (χ1v) is 12.4. The molecule has 0 spiro atoms. The van der Waals surface area contributed by atoms with Gasteiger partial charge in [-0.3, -0.25) is 4.79 Å². The molecule has 0 atom stereocenters. The van der Waals surface area contributed by atoms with Crippen LogP contribution in [0.2, 0.25) is 0 Å². The summed E-state index contributed by atoms with van der Waals surface area (Å²) in [6, 6.07) is 12.9. The topological polar surface area (TPSA) is 79.4 Å². The minimum atomic E-state index is -3.25. The quantitative estimate of drug-likeness (QED) is 0.606. The molecule has 1 amide bonds. The summed E-state index contributed by atoms with van der Waals surface area (Å²) in [6.07, 6.45) is 0.859. The Hall–Kier alpha value is -2.78. The molecular weight excluding hydrogens is 437 g/mol. The number of carbonyl (C=O) groups excluding carboxylic acids is 1. The van der Waals surface area contributed by atoms with Crippen molar-refractivity contribution in [3.05, 3.63) is 70.5 Å². The summed E-state index contributed by atoms with van der Waals surface area (Å²) < 4.78 is 37.3. The van der Waals surface area contributed by atoms with E-state index in [4.69, 9.17) is 0 Å². The molecule has 1 aliphatic rings. The first kappa shape index (κ1) is 21.5. The average Bonchev–Trinajstić information content (AvgIpc) is 3.15. The second kappa shape index (κ2) is 8.76. The van der Waals surface area contributed by atoms with Crippen molar-refractivity contribution in [2.24, 2.45) is 0 Å². The highest BCUT2D eigenvalue weighted by Crippen LogP contribution is 2.31. The molecule has 0 saturated carbocycles. The summed E-state index contributed by atoms with van der Waals surface area (Å²) in [4.78, 5) is 20.4. The van der Waals surface area contributed by atoms with Gasteiger partial charge in [0.1, 0.15) is 5.82 Å². The fourth-order valence-corrected chi connectivity index (χ4v) is 5.40. The number of nitrogens with one attached hydrogen (secondary N) is 1. The second-order valence-electron chi connectivity index (χ2n) is 7.31. The van der Waals surface area contributed by atoms with Gasteiger partial charge in [0.25, 0.3) is 0 Å². The molecule has 2 heterocycles. The van der Waals surface area contributed by atoms with Gasteiger partial charge in [0.2, 0.25) is 5.91 Å². The Bertz CT molecular complexity index is 1210. The fraction of sp³-hybridized carbons (Fsp3) is 0.273. The van der Waals surface area contributed by atoms with E-state index in [9.17, 15) is 17.6 Å². The maximum atomic E-state index is 13.5. The third-order valence-corrected chi connectivity index (χ3v) is 7.93. The predicted molar refractivity (Wildman–Crippen MR) is 120 cm³/mol. The van der Waals surface area contributed by atoms with Crippen molar-refractivity contribution in [3.63, 3.8) is 0 Å². The zero-order chi connectivity index (χ0) is 22.0. The van der Waals surface area contributed by atoms with Crippen molar-refractivity contribution < 1.29 is 17.6 Å². The molecule has 162 valence electrons. The van der Waals surface area contributed by atoms with E-state index in [1.807, 2.05) is 6.07 Å². The molecule has 6 nitrogen and oxygen atoms in total. The number of aromatic nitrogens is 1. The molecule has 4 rings (SSSR count). The lowest BCUT2D eigenvalue weighted by Gasteiger charge is -2.28. The van der Waals surface area contributed by atoms with Crippen LogP contribution >= 0.6 is 11.3 Å². The summed E-state index contributed by atoms with van der Waals surface area (Å²) in [5, 5.41) is 3.38. The van der Waals surface area contributed by atoms with E-state index < -0.39 is 9.84 Å². The van der Waals surface area contributed by atoms with Crippen LogP contribution in [-0.2, 0) is 34.0 Å². The predicted octanol–water partition coefficient (Wildman–Crippen LogP) is 3.82. The number of hydrogen-bond acceptors (Lipinski definition) is 6. The third-order valence-electron chi connectivity index (χ3n) is 5.18. The largest absolute Gasteiger partial charge is 0.366 e. The number of halogens is 1. The number of fused-ring (bicyclic) bond motifs is 1. The Labute approximate surface area is 184 Å². The van der Waals surface area contributed by atoms with E-state index in [0.717, 1.165) is 34.8 Å². The lowest BCUT2D eigenvalue weighted by Crippen LogP contribution is -2.29. The van der Waals surface area contributed by atoms with E-state index in [1.165, 1.54) is 35.6 Å². The number of rotatable bonds is 6. The second-order valence-corrected chi connectivity index (χ2v) is 10.7. The minimum Gasteiger partial charge on any atom is -0.366 e. The van der Waals surface area contributed by atoms with Crippen LogP contribution in [0, 0.1) is 5.82 Å². The summed E-state index contributed by atoms with van der Waals surface area (Å²) >= 11 is 1.43. The van der Waals surface area contributed by atoms with Gasteiger partial charge in [-0.15, -0.1) is 0 Å². The van der Waals surface area contributed by atoms with Crippen molar-refractivity contribution in [2.45, 2.75) is 31.2 Å². The van der Waals surface area contributed by atoms with Gasteiger partial charge < -0.3 is 10.2 Å². The normalized spacial score (nSPS) is 13.7. The summed E-state index contributed by atoms with van der Waals surface area (Å²) in [5.41, 5.74) is 2.52. The number of benzene rings is 2. The van der Waals surface area contributed by atoms with Gasteiger partial charge in [-0.2, -0.15) is 0 Å². The van der Waals surface area contributed by atoms with Crippen LogP contribution in [0.25, 0.3) is 0 Å². The van der Waals surface area contributed by atoms with Gasteiger partial charge in [0.05, 0.1) is 29.3 Å². The first-order valence-electron chi connectivity index (χ1n) is 9.94. The van der Waals surface area contributed by atoms with E-state index >= 15 is 0 Å². The van der Waals surface area contributed by atoms with E-state index in [0.29, 0.717) is 11.7 Å². The molecule has 0 fully saturated rings. The SMILES string of the molecule is CCS(=O)(=O)c1ccc(CC(=O)Nc2nc3c(s2)CN(c2cccc(F)c2)CC3)cc1. The van der Waals surface area contributed by atoms with Crippen LogP contribution in [0.1, 0.15) is 23.1 Å². The van der Waals surface area contributed by atoms with E-state index in [2.05, 4.69) is 15.2 Å². The molecule has 1 aromatic heterocycles. The smallest absolute Gasteiger partial charge is 0.230 e. The van der Waals surface area contributed by atoms with Gasteiger partial charge in [0.15, 0.2) is 15.0 Å². The molecule has 0 aliphatic carbocycles. The van der Waals surface area contributed by atoms with Crippen molar-refractivity contribution in [1.82, 2.24) is 4.98 Å². The average molecular weight is 460 g/mol. The number of sulfone groups is 1. The summed E-state index contributed by atoms with van der Waals surface area (Å²) in [7, 11) is -3.25. The molecular formula is C22H22FN3O3S2.